The number of rotatable bonds is 6. The van der Waals surface area contributed by atoms with Gasteiger partial charge in [0.15, 0.2) is 5.82 Å². The van der Waals surface area contributed by atoms with Gasteiger partial charge in [0.25, 0.3) is 0 Å². The zero-order chi connectivity index (χ0) is 15.3. The van der Waals surface area contributed by atoms with Gasteiger partial charge in [-0.05, 0) is 6.92 Å². The zero-order valence-electron chi connectivity index (χ0n) is 11.1. The maximum Gasteiger partial charge on any atom is 0.236 e. The SMILES string of the molecule is CC(=O)N/N=C(/C)c1ncc([C@@H](O)[C@H](O)[C@H](O)CO)[nH]1. The van der Waals surface area contributed by atoms with Crippen LogP contribution in [0.25, 0.3) is 0 Å². The van der Waals surface area contributed by atoms with E-state index in [1.165, 1.54) is 13.1 Å². The first-order valence-electron chi connectivity index (χ1n) is 5.88. The van der Waals surface area contributed by atoms with Gasteiger partial charge in [-0.25, -0.2) is 10.4 Å². The van der Waals surface area contributed by atoms with Crippen LogP contribution in [0.5, 0.6) is 0 Å². The van der Waals surface area contributed by atoms with Gasteiger partial charge in [0.2, 0.25) is 5.91 Å². The number of nitrogens with one attached hydrogen (secondary N) is 2. The molecule has 0 saturated heterocycles. The molecule has 1 rings (SSSR count). The number of carbonyl (C=O) groups is 1. The van der Waals surface area contributed by atoms with Crippen molar-refractivity contribution in [2.45, 2.75) is 32.2 Å². The topological polar surface area (TPSA) is 151 Å². The van der Waals surface area contributed by atoms with Crippen LogP contribution in [0, 0.1) is 0 Å². The van der Waals surface area contributed by atoms with Crippen molar-refractivity contribution in [3.63, 3.8) is 0 Å². The third kappa shape index (κ3) is 4.10. The number of aliphatic hydroxyl groups excluding tert-OH is 4. The molecule has 0 saturated carbocycles. The van der Waals surface area contributed by atoms with E-state index in [1.807, 2.05) is 0 Å². The van der Waals surface area contributed by atoms with Gasteiger partial charge in [0.1, 0.15) is 24.0 Å². The lowest BCUT2D eigenvalue weighted by Crippen LogP contribution is -2.34. The fourth-order valence-electron chi connectivity index (χ4n) is 1.39. The molecule has 0 unspecified atom stereocenters. The van der Waals surface area contributed by atoms with Gasteiger partial charge < -0.3 is 25.4 Å². The third-order valence-electron chi connectivity index (χ3n) is 2.54. The van der Waals surface area contributed by atoms with Crippen molar-refractivity contribution in [3.8, 4) is 0 Å². The van der Waals surface area contributed by atoms with Gasteiger partial charge in [-0.3, -0.25) is 4.79 Å². The predicted molar refractivity (Wildman–Crippen MR) is 68.7 cm³/mol. The number of nitrogens with zero attached hydrogens (tertiary/aromatic N) is 2. The molecule has 0 aliphatic heterocycles. The first-order valence-corrected chi connectivity index (χ1v) is 5.88. The van der Waals surface area contributed by atoms with Crippen LogP contribution in [0.2, 0.25) is 0 Å². The van der Waals surface area contributed by atoms with E-state index in [0.717, 1.165) is 0 Å². The minimum Gasteiger partial charge on any atom is -0.394 e. The molecule has 6 N–H and O–H groups in total. The van der Waals surface area contributed by atoms with Crippen LogP contribution in [-0.4, -0.2) is 60.8 Å². The van der Waals surface area contributed by atoms with Crippen LogP contribution >= 0.6 is 0 Å². The van der Waals surface area contributed by atoms with Crippen LogP contribution in [0.15, 0.2) is 11.3 Å². The van der Waals surface area contributed by atoms with Crippen LogP contribution in [-0.2, 0) is 4.79 Å². The van der Waals surface area contributed by atoms with Crippen LogP contribution in [0.1, 0.15) is 31.5 Å². The minimum atomic E-state index is -1.55. The second kappa shape index (κ2) is 7.10. The molecule has 1 heterocycles. The van der Waals surface area contributed by atoms with E-state index in [1.54, 1.807) is 6.92 Å². The molecular weight excluding hydrogens is 268 g/mol. The molecule has 0 aliphatic carbocycles. The van der Waals surface area contributed by atoms with E-state index in [2.05, 4.69) is 20.5 Å². The number of aromatic amines is 1. The Bertz CT molecular complexity index is 487. The molecule has 0 radical (unpaired) electrons. The lowest BCUT2D eigenvalue weighted by molar-refractivity contribution is -0.118. The number of H-pyrrole nitrogens is 1. The summed E-state index contributed by atoms with van der Waals surface area (Å²) in [5.41, 5.74) is 2.76. The number of hydrogen-bond acceptors (Lipinski definition) is 7. The Labute approximate surface area is 115 Å². The third-order valence-corrected chi connectivity index (χ3v) is 2.54. The molecule has 20 heavy (non-hydrogen) atoms. The highest BCUT2D eigenvalue weighted by molar-refractivity contribution is 5.95. The molecule has 1 aromatic heterocycles. The first kappa shape index (κ1) is 16.2. The van der Waals surface area contributed by atoms with Gasteiger partial charge in [0, 0.05) is 6.92 Å². The van der Waals surface area contributed by atoms with Gasteiger partial charge in [-0.1, -0.05) is 0 Å². The van der Waals surface area contributed by atoms with E-state index in [4.69, 9.17) is 5.11 Å². The smallest absolute Gasteiger partial charge is 0.236 e. The highest BCUT2D eigenvalue weighted by atomic mass is 16.4. The number of aromatic nitrogens is 2. The Morgan fingerprint density at radius 1 is 1.45 bits per heavy atom. The molecular formula is C11H18N4O5. The highest BCUT2D eigenvalue weighted by Crippen LogP contribution is 2.17. The fraction of sp³-hybridized carbons (Fsp3) is 0.545. The summed E-state index contributed by atoms with van der Waals surface area (Å²) < 4.78 is 0. The monoisotopic (exact) mass is 286 g/mol. The molecule has 9 nitrogen and oxygen atoms in total. The number of amides is 1. The summed E-state index contributed by atoms with van der Waals surface area (Å²) in [6, 6.07) is 0. The Morgan fingerprint density at radius 2 is 2.10 bits per heavy atom. The maximum atomic E-state index is 10.7. The average molecular weight is 286 g/mol. The Hall–Kier alpha value is -1.81. The van der Waals surface area contributed by atoms with Gasteiger partial charge >= 0.3 is 0 Å². The van der Waals surface area contributed by atoms with Crippen molar-refractivity contribution in [3.05, 3.63) is 17.7 Å². The summed E-state index contributed by atoms with van der Waals surface area (Å²) in [5.74, 6) is -0.0452. The second-order valence-corrected chi connectivity index (χ2v) is 4.24. The number of imidazole rings is 1. The molecule has 3 atom stereocenters. The van der Waals surface area contributed by atoms with Crippen LogP contribution < -0.4 is 5.43 Å². The van der Waals surface area contributed by atoms with Gasteiger partial charge in [-0.15, -0.1) is 0 Å². The molecule has 0 aliphatic rings. The molecule has 0 aromatic carbocycles. The largest absolute Gasteiger partial charge is 0.394 e. The summed E-state index contributed by atoms with van der Waals surface area (Å²) in [7, 11) is 0. The quantitative estimate of drug-likeness (QED) is 0.263. The number of hydrogen-bond donors (Lipinski definition) is 6. The molecule has 0 bridgehead atoms. The average Bonchev–Trinajstić information content (AvgIpc) is 2.91. The maximum absolute atomic E-state index is 10.7. The summed E-state index contributed by atoms with van der Waals surface area (Å²) in [6.07, 6.45) is -3.20. The predicted octanol–water partition coefficient (Wildman–Crippen LogP) is -1.98. The van der Waals surface area contributed by atoms with Crippen molar-refractivity contribution in [2.75, 3.05) is 6.61 Å². The molecule has 112 valence electrons. The van der Waals surface area contributed by atoms with Crippen molar-refractivity contribution in [1.29, 1.82) is 0 Å². The molecule has 0 fully saturated rings. The Morgan fingerprint density at radius 3 is 2.65 bits per heavy atom. The molecule has 0 spiro atoms. The lowest BCUT2D eigenvalue weighted by Gasteiger charge is -2.20. The molecule has 1 aromatic rings. The summed E-state index contributed by atoms with van der Waals surface area (Å²) in [5, 5.41) is 41.1. The summed E-state index contributed by atoms with van der Waals surface area (Å²) in [4.78, 5) is 17.3. The first-order chi connectivity index (χ1) is 9.36. The fourth-order valence-corrected chi connectivity index (χ4v) is 1.39. The Kier molecular flexibility index (Phi) is 5.77. The van der Waals surface area contributed by atoms with Crippen LogP contribution in [0.3, 0.4) is 0 Å². The van der Waals surface area contributed by atoms with Crippen molar-refractivity contribution >= 4 is 11.6 Å². The van der Waals surface area contributed by atoms with E-state index in [0.29, 0.717) is 11.5 Å². The highest BCUT2D eigenvalue weighted by Gasteiger charge is 2.27. The molecule has 1 amide bonds. The summed E-state index contributed by atoms with van der Waals surface area (Å²) >= 11 is 0. The minimum absolute atomic E-state index is 0.150. The summed E-state index contributed by atoms with van der Waals surface area (Å²) in [6.45, 7) is 2.22. The number of aliphatic hydroxyl groups is 4. The van der Waals surface area contributed by atoms with Gasteiger partial charge in [0.05, 0.1) is 18.5 Å². The van der Waals surface area contributed by atoms with E-state index < -0.39 is 24.9 Å². The Balaban J connectivity index is 2.81. The van der Waals surface area contributed by atoms with Crippen molar-refractivity contribution in [2.24, 2.45) is 5.10 Å². The van der Waals surface area contributed by atoms with E-state index in [-0.39, 0.29) is 11.6 Å². The van der Waals surface area contributed by atoms with Gasteiger partial charge in [-0.2, -0.15) is 5.10 Å². The van der Waals surface area contributed by atoms with Crippen molar-refractivity contribution in [1.82, 2.24) is 15.4 Å². The van der Waals surface area contributed by atoms with E-state index in [9.17, 15) is 20.1 Å². The van der Waals surface area contributed by atoms with Crippen molar-refractivity contribution < 1.29 is 25.2 Å². The zero-order valence-corrected chi connectivity index (χ0v) is 11.1. The normalized spacial score (nSPS) is 16.6. The second-order valence-electron chi connectivity index (χ2n) is 4.24. The standard InChI is InChI=1S/C11H18N4O5/c1-5(14-15-6(2)17)11-12-3-7(13-11)9(19)10(20)8(18)4-16/h3,8-10,16,18-20H,4H2,1-2H3,(H,12,13)(H,15,17)/b14-5-/t8-,9-,10-/m1/s1. The van der Waals surface area contributed by atoms with E-state index >= 15 is 0 Å². The lowest BCUT2D eigenvalue weighted by atomic mass is 10.1. The number of carbonyl (C=O) groups excluding carboxylic acids is 1. The molecule has 9 heteroatoms. The number of hydrazone groups is 1. The van der Waals surface area contributed by atoms with Crippen LogP contribution in [0.4, 0.5) is 0 Å².